The largest absolute Gasteiger partial charge is 0.481 e. The second kappa shape index (κ2) is 9.33. The van der Waals surface area contributed by atoms with Crippen LogP contribution in [0.15, 0.2) is 72.8 Å². The number of hydrogen-bond donors (Lipinski definition) is 2. The molecule has 2 N–H and O–H groups in total. The van der Waals surface area contributed by atoms with Crippen molar-refractivity contribution in [2.45, 2.75) is 13.0 Å². The van der Waals surface area contributed by atoms with E-state index in [1.54, 1.807) is 19.1 Å². The zero-order valence-corrected chi connectivity index (χ0v) is 16.1. The SMILES string of the molecule is CC(Oc1ccc2ccccc2c1)C(=O)NNC(=O)C=Cc1cccc([N+](=O)[O-])c1. The summed E-state index contributed by atoms with van der Waals surface area (Å²) in [6, 6.07) is 19.1. The summed E-state index contributed by atoms with van der Waals surface area (Å²) in [4.78, 5) is 34.3. The van der Waals surface area contributed by atoms with E-state index in [0.717, 1.165) is 16.8 Å². The number of nitro groups is 1. The van der Waals surface area contributed by atoms with Gasteiger partial charge in [-0.1, -0.05) is 42.5 Å². The minimum atomic E-state index is -0.841. The van der Waals surface area contributed by atoms with Gasteiger partial charge in [0, 0.05) is 18.2 Å². The summed E-state index contributed by atoms with van der Waals surface area (Å²) < 4.78 is 5.64. The van der Waals surface area contributed by atoms with Crippen LogP contribution >= 0.6 is 0 Å². The fourth-order valence-corrected chi connectivity index (χ4v) is 2.68. The first-order valence-corrected chi connectivity index (χ1v) is 9.10. The Balaban J connectivity index is 1.51. The molecule has 0 bridgehead atoms. The second-order valence-corrected chi connectivity index (χ2v) is 6.43. The smallest absolute Gasteiger partial charge is 0.279 e. The summed E-state index contributed by atoms with van der Waals surface area (Å²) in [6.45, 7) is 1.57. The molecule has 0 saturated heterocycles. The molecule has 3 aromatic rings. The number of benzene rings is 3. The molecule has 0 fully saturated rings. The van der Waals surface area contributed by atoms with E-state index in [1.807, 2.05) is 36.4 Å². The van der Waals surface area contributed by atoms with Crippen LogP contribution in [0.2, 0.25) is 0 Å². The first kappa shape index (κ1) is 20.5. The lowest BCUT2D eigenvalue weighted by Gasteiger charge is -2.15. The predicted molar refractivity (Wildman–Crippen MR) is 112 cm³/mol. The topological polar surface area (TPSA) is 111 Å². The molecule has 30 heavy (non-hydrogen) atoms. The number of carbonyl (C=O) groups is 2. The fourth-order valence-electron chi connectivity index (χ4n) is 2.68. The van der Waals surface area contributed by atoms with Crippen molar-refractivity contribution in [1.29, 1.82) is 0 Å². The first-order chi connectivity index (χ1) is 14.4. The summed E-state index contributed by atoms with van der Waals surface area (Å²) in [5.74, 6) is -0.582. The molecule has 0 aliphatic carbocycles. The van der Waals surface area contributed by atoms with Crippen molar-refractivity contribution in [3.05, 3.63) is 88.5 Å². The summed E-state index contributed by atoms with van der Waals surface area (Å²) in [5, 5.41) is 12.8. The van der Waals surface area contributed by atoms with Crippen molar-refractivity contribution < 1.29 is 19.2 Å². The van der Waals surface area contributed by atoms with Crippen molar-refractivity contribution >= 4 is 34.4 Å². The maximum Gasteiger partial charge on any atom is 0.279 e. The molecule has 8 heteroatoms. The van der Waals surface area contributed by atoms with E-state index in [4.69, 9.17) is 4.74 Å². The summed E-state index contributed by atoms with van der Waals surface area (Å²) in [5.41, 5.74) is 4.94. The lowest BCUT2D eigenvalue weighted by Crippen LogP contribution is -2.46. The molecule has 3 rings (SSSR count). The normalized spacial score (nSPS) is 11.8. The minimum absolute atomic E-state index is 0.0782. The van der Waals surface area contributed by atoms with Gasteiger partial charge in [-0.15, -0.1) is 0 Å². The van der Waals surface area contributed by atoms with Crippen LogP contribution in [0.3, 0.4) is 0 Å². The monoisotopic (exact) mass is 405 g/mol. The van der Waals surface area contributed by atoms with Crippen molar-refractivity contribution in [2.75, 3.05) is 0 Å². The maximum atomic E-state index is 12.2. The third-order valence-corrected chi connectivity index (χ3v) is 4.22. The molecule has 0 aromatic heterocycles. The van der Waals surface area contributed by atoms with Crippen LogP contribution in [0.5, 0.6) is 5.75 Å². The van der Waals surface area contributed by atoms with Crippen molar-refractivity contribution in [2.24, 2.45) is 0 Å². The zero-order valence-electron chi connectivity index (χ0n) is 16.1. The van der Waals surface area contributed by atoms with Gasteiger partial charge in [-0.3, -0.25) is 30.6 Å². The number of hydrogen-bond acceptors (Lipinski definition) is 5. The molecule has 8 nitrogen and oxygen atoms in total. The Labute approximate surface area is 172 Å². The van der Waals surface area contributed by atoms with Crippen LogP contribution in [-0.2, 0) is 9.59 Å². The number of nitrogens with one attached hydrogen (secondary N) is 2. The Morgan fingerprint density at radius 2 is 1.77 bits per heavy atom. The van der Waals surface area contributed by atoms with Gasteiger partial charge in [0.25, 0.3) is 17.5 Å². The number of nitro benzene ring substituents is 1. The number of rotatable bonds is 6. The molecule has 0 radical (unpaired) electrons. The van der Waals surface area contributed by atoms with Gasteiger partial charge in [0.2, 0.25) is 0 Å². The lowest BCUT2D eigenvalue weighted by atomic mass is 10.1. The molecule has 1 unspecified atom stereocenters. The van der Waals surface area contributed by atoms with Gasteiger partial charge in [0.05, 0.1) is 4.92 Å². The van der Waals surface area contributed by atoms with Gasteiger partial charge < -0.3 is 4.74 Å². The van der Waals surface area contributed by atoms with E-state index in [-0.39, 0.29) is 5.69 Å². The van der Waals surface area contributed by atoms with Crippen LogP contribution < -0.4 is 15.6 Å². The number of nitrogens with zero attached hydrogens (tertiary/aromatic N) is 1. The highest BCUT2D eigenvalue weighted by Gasteiger charge is 2.15. The van der Waals surface area contributed by atoms with Crippen LogP contribution in [0.1, 0.15) is 12.5 Å². The van der Waals surface area contributed by atoms with Crippen LogP contribution in [0, 0.1) is 10.1 Å². The number of hydrazine groups is 1. The molecule has 0 spiro atoms. The average Bonchev–Trinajstić information content (AvgIpc) is 2.76. The van der Waals surface area contributed by atoms with Gasteiger partial charge in [-0.25, -0.2) is 0 Å². The minimum Gasteiger partial charge on any atom is -0.481 e. The van der Waals surface area contributed by atoms with Gasteiger partial charge in [0.15, 0.2) is 6.10 Å². The highest BCUT2D eigenvalue weighted by molar-refractivity contribution is 5.93. The summed E-state index contributed by atoms with van der Waals surface area (Å²) in [7, 11) is 0. The van der Waals surface area contributed by atoms with Crippen molar-refractivity contribution in [3.8, 4) is 5.75 Å². The fraction of sp³-hybridized carbons (Fsp3) is 0.0909. The Bertz CT molecular complexity index is 1130. The number of fused-ring (bicyclic) bond motifs is 1. The van der Waals surface area contributed by atoms with Gasteiger partial charge >= 0.3 is 0 Å². The van der Waals surface area contributed by atoms with E-state index in [0.29, 0.717) is 11.3 Å². The van der Waals surface area contributed by atoms with Gasteiger partial charge in [-0.05, 0) is 41.5 Å². The Morgan fingerprint density at radius 1 is 1.00 bits per heavy atom. The molecule has 1 atom stereocenters. The number of carbonyl (C=O) groups excluding carboxylic acids is 2. The highest BCUT2D eigenvalue weighted by atomic mass is 16.6. The number of non-ortho nitro benzene ring substituents is 1. The van der Waals surface area contributed by atoms with Gasteiger partial charge in [-0.2, -0.15) is 0 Å². The number of amides is 2. The van der Waals surface area contributed by atoms with E-state index >= 15 is 0 Å². The van der Waals surface area contributed by atoms with Crippen LogP contribution in [0.25, 0.3) is 16.8 Å². The van der Waals surface area contributed by atoms with Crippen molar-refractivity contribution in [1.82, 2.24) is 10.9 Å². The molecule has 0 saturated carbocycles. The van der Waals surface area contributed by atoms with E-state index in [1.165, 1.54) is 24.3 Å². The maximum absolute atomic E-state index is 12.2. The molecule has 0 heterocycles. The second-order valence-electron chi connectivity index (χ2n) is 6.43. The standard InChI is InChI=1S/C22H19N3O5/c1-15(30-20-11-10-17-6-2-3-7-18(17)14-20)22(27)24-23-21(26)12-9-16-5-4-8-19(13-16)25(28)29/h2-15H,1H3,(H,23,26)(H,24,27). The van der Waals surface area contributed by atoms with E-state index < -0.39 is 22.8 Å². The lowest BCUT2D eigenvalue weighted by molar-refractivity contribution is -0.384. The Kier molecular flexibility index (Phi) is 6.39. The quantitative estimate of drug-likeness (QED) is 0.371. The molecular weight excluding hydrogens is 386 g/mol. The third kappa shape index (κ3) is 5.41. The molecule has 3 aromatic carbocycles. The van der Waals surface area contributed by atoms with Crippen molar-refractivity contribution in [3.63, 3.8) is 0 Å². The average molecular weight is 405 g/mol. The van der Waals surface area contributed by atoms with E-state index in [9.17, 15) is 19.7 Å². The Hall–Kier alpha value is -4.20. The molecule has 0 aliphatic heterocycles. The summed E-state index contributed by atoms with van der Waals surface area (Å²) in [6.07, 6.45) is 1.73. The van der Waals surface area contributed by atoms with Gasteiger partial charge in [0.1, 0.15) is 5.75 Å². The number of ether oxygens (including phenoxy) is 1. The first-order valence-electron chi connectivity index (χ1n) is 9.10. The zero-order chi connectivity index (χ0) is 21.5. The molecular formula is C22H19N3O5. The molecule has 2 amide bonds. The molecule has 0 aliphatic rings. The predicted octanol–water partition coefficient (Wildman–Crippen LogP) is 3.38. The van der Waals surface area contributed by atoms with Crippen LogP contribution in [0.4, 0.5) is 5.69 Å². The van der Waals surface area contributed by atoms with E-state index in [2.05, 4.69) is 10.9 Å². The highest BCUT2D eigenvalue weighted by Crippen LogP contribution is 2.21. The molecule has 152 valence electrons. The van der Waals surface area contributed by atoms with Crippen LogP contribution in [-0.4, -0.2) is 22.8 Å². The summed E-state index contributed by atoms with van der Waals surface area (Å²) >= 11 is 0. The third-order valence-electron chi connectivity index (χ3n) is 4.22. The Morgan fingerprint density at radius 3 is 2.53 bits per heavy atom.